The molecule has 8 heteroatoms. The van der Waals surface area contributed by atoms with Crippen LogP contribution < -0.4 is 15.7 Å². The van der Waals surface area contributed by atoms with Crippen molar-refractivity contribution in [1.29, 1.82) is 0 Å². The van der Waals surface area contributed by atoms with Crippen LogP contribution in [0, 0.1) is 0 Å². The number of hydrogen-bond acceptors (Lipinski definition) is 4. The maximum Gasteiger partial charge on any atom is 0.274 e. The lowest BCUT2D eigenvalue weighted by Gasteiger charge is -2.30. The van der Waals surface area contributed by atoms with Crippen LogP contribution in [-0.4, -0.2) is 29.6 Å². The van der Waals surface area contributed by atoms with Crippen molar-refractivity contribution < 1.29 is 14.8 Å². The zero-order valence-electron chi connectivity index (χ0n) is 13.0. The first-order chi connectivity index (χ1) is 12.0. The summed E-state index contributed by atoms with van der Waals surface area (Å²) in [6.07, 6.45) is 0.627. The van der Waals surface area contributed by atoms with Gasteiger partial charge in [-0.1, -0.05) is 23.2 Å². The van der Waals surface area contributed by atoms with Crippen molar-refractivity contribution in [1.82, 2.24) is 10.8 Å². The minimum Gasteiger partial charge on any atom is -0.354 e. The van der Waals surface area contributed by atoms with Gasteiger partial charge in [0, 0.05) is 33.5 Å². The summed E-state index contributed by atoms with van der Waals surface area (Å²) in [7, 11) is 0. The second-order valence-electron chi connectivity index (χ2n) is 5.58. The minimum atomic E-state index is -0.609. The van der Waals surface area contributed by atoms with E-state index in [1.54, 1.807) is 47.9 Å². The molecule has 0 spiro atoms. The molecule has 0 aliphatic carbocycles. The number of carbonyl (C=O) groups is 2. The molecular weight excluding hydrogens is 365 g/mol. The lowest BCUT2D eigenvalue weighted by atomic mass is 10.1. The molecule has 1 aliphatic heterocycles. The molecule has 1 atom stereocenters. The van der Waals surface area contributed by atoms with Gasteiger partial charge in [-0.3, -0.25) is 14.8 Å². The molecule has 1 unspecified atom stereocenters. The highest BCUT2D eigenvalue weighted by atomic mass is 35.5. The second kappa shape index (κ2) is 7.31. The molecule has 25 heavy (non-hydrogen) atoms. The molecule has 1 aliphatic rings. The van der Waals surface area contributed by atoms with Crippen molar-refractivity contribution in [3.8, 4) is 0 Å². The molecule has 2 amide bonds. The van der Waals surface area contributed by atoms with Gasteiger partial charge in [0.15, 0.2) is 0 Å². The lowest BCUT2D eigenvalue weighted by Crippen LogP contribution is -2.37. The Morgan fingerprint density at radius 3 is 2.28 bits per heavy atom. The van der Waals surface area contributed by atoms with Crippen molar-refractivity contribution in [2.24, 2.45) is 0 Å². The Kier molecular flexibility index (Phi) is 5.13. The molecule has 0 radical (unpaired) electrons. The number of carbonyl (C=O) groups excluding carboxylic acids is 2. The Labute approximate surface area is 154 Å². The van der Waals surface area contributed by atoms with Gasteiger partial charge in [-0.15, -0.1) is 0 Å². The monoisotopic (exact) mass is 379 g/mol. The summed E-state index contributed by atoms with van der Waals surface area (Å²) >= 11 is 12.2. The standard InChI is InChI=1S/C17H15Cl2N3O3/c18-11-7-12(19)9-14(8-11)22(15-5-6-20-17(15)24)13-3-1-10(2-4-13)16(23)21-25/h1-4,7-9,15,25H,5-6H2,(H,20,24)(H,21,23). The van der Waals surface area contributed by atoms with Gasteiger partial charge >= 0.3 is 0 Å². The van der Waals surface area contributed by atoms with E-state index in [1.165, 1.54) is 0 Å². The Morgan fingerprint density at radius 1 is 1.12 bits per heavy atom. The summed E-state index contributed by atoms with van der Waals surface area (Å²) in [5, 5.41) is 12.5. The van der Waals surface area contributed by atoms with E-state index >= 15 is 0 Å². The number of hydroxylamine groups is 1. The van der Waals surface area contributed by atoms with Crippen LogP contribution in [0.5, 0.6) is 0 Å². The van der Waals surface area contributed by atoms with Gasteiger partial charge in [0.1, 0.15) is 6.04 Å². The topological polar surface area (TPSA) is 81.7 Å². The molecule has 3 N–H and O–H groups in total. The van der Waals surface area contributed by atoms with Crippen molar-refractivity contribution in [2.75, 3.05) is 11.4 Å². The fourth-order valence-electron chi connectivity index (χ4n) is 2.85. The number of anilines is 2. The van der Waals surface area contributed by atoms with Gasteiger partial charge in [-0.2, -0.15) is 0 Å². The molecular formula is C17H15Cl2N3O3. The van der Waals surface area contributed by atoms with E-state index in [9.17, 15) is 9.59 Å². The van der Waals surface area contributed by atoms with Crippen LogP contribution >= 0.6 is 23.2 Å². The Hall–Kier alpha value is -2.28. The molecule has 2 aromatic carbocycles. The Balaban J connectivity index is 2.04. The number of halogens is 2. The minimum absolute atomic E-state index is 0.0896. The predicted molar refractivity (Wildman–Crippen MR) is 95.7 cm³/mol. The summed E-state index contributed by atoms with van der Waals surface area (Å²) in [6.45, 7) is 0.583. The van der Waals surface area contributed by atoms with Gasteiger partial charge in [-0.25, -0.2) is 5.48 Å². The molecule has 0 saturated carbocycles. The molecule has 0 bridgehead atoms. The second-order valence-corrected chi connectivity index (χ2v) is 6.45. The summed E-state index contributed by atoms with van der Waals surface area (Å²) in [6, 6.07) is 11.2. The van der Waals surface area contributed by atoms with Crippen molar-refractivity contribution in [3.05, 3.63) is 58.1 Å². The fraction of sp³-hybridized carbons (Fsp3) is 0.176. The maximum atomic E-state index is 12.2. The summed E-state index contributed by atoms with van der Waals surface area (Å²) < 4.78 is 0. The Bertz CT molecular complexity index is 791. The van der Waals surface area contributed by atoms with E-state index in [-0.39, 0.29) is 5.91 Å². The van der Waals surface area contributed by atoms with E-state index in [0.29, 0.717) is 39.9 Å². The van der Waals surface area contributed by atoms with Crippen LogP contribution in [0.4, 0.5) is 11.4 Å². The van der Waals surface area contributed by atoms with Gasteiger partial charge in [-0.05, 0) is 48.9 Å². The molecule has 1 saturated heterocycles. The van der Waals surface area contributed by atoms with Crippen LogP contribution in [0.1, 0.15) is 16.8 Å². The quantitative estimate of drug-likeness (QED) is 0.562. The third-order valence-electron chi connectivity index (χ3n) is 3.97. The zero-order chi connectivity index (χ0) is 18.0. The molecule has 3 rings (SSSR count). The van der Waals surface area contributed by atoms with Crippen LogP contribution in [0.3, 0.4) is 0 Å². The van der Waals surface area contributed by atoms with Gasteiger partial charge in [0.05, 0.1) is 0 Å². The first-order valence-electron chi connectivity index (χ1n) is 7.57. The average molecular weight is 380 g/mol. The summed E-state index contributed by atoms with van der Waals surface area (Å²) in [5.41, 5.74) is 3.27. The number of amides is 2. The van der Waals surface area contributed by atoms with Gasteiger partial charge in [0.25, 0.3) is 5.91 Å². The Morgan fingerprint density at radius 2 is 1.76 bits per heavy atom. The first-order valence-corrected chi connectivity index (χ1v) is 8.33. The summed E-state index contributed by atoms with van der Waals surface area (Å²) in [4.78, 5) is 25.6. The number of nitrogens with one attached hydrogen (secondary N) is 2. The molecule has 1 heterocycles. The van der Waals surface area contributed by atoms with E-state index in [2.05, 4.69) is 5.32 Å². The predicted octanol–water partition coefficient (Wildman–Crippen LogP) is 3.14. The normalized spacial score (nSPS) is 16.4. The van der Waals surface area contributed by atoms with E-state index in [4.69, 9.17) is 28.4 Å². The zero-order valence-corrected chi connectivity index (χ0v) is 14.5. The van der Waals surface area contributed by atoms with Crippen LogP contribution in [-0.2, 0) is 4.79 Å². The number of rotatable bonds is 4. The molecule has 1 fully saturated rings. The van der Waals surface area contributed by atoms with Crippen LogP contribution in [0.2, 0.25) is 10.0 Å². The number of benzene rings is 2. The van der Waals surface area contributed by atoms with E-state index < -0.39 is 11.9 Å². The highest BCUT2D eigenvalue weighted by molar-refractivity contribution is 6.35. The SMILES string of the molecule is O=C(NO)c1ccc(N(c2cc(Cl)cc(Cl)c2)C2CCNC2=O)cc1. The van der Waals surface area contributed by atoms with Crippen molar-refractivity contribution in [3.63, 3.8) is 0 Å². The molecule has 130 valence electrons. The smallest absolute Gasteiger partial charge is 0.274 e. The highest BCUT2D eigenvalue weighted by Crippen LogP contribution is 2.34. The number of hydrogen-bond donors (Lipinski definition) is 3. The third-order valence-corrected chi connectivity index (χ3v) is 4.40. The van der Waals surface area contributed by atoms with Gasteiger partial charge in [0.2, 0.25) is 5.91 Å². The fourth-order valence-corrected chi connectivity index (χ4v) is 3.37. The maximum absolute atomic E-state index is 12.2. The van der Waals surface area contributed by atoms with E-state index in [0.717, 1.165) is 0 Å². The molecule has 0 aromatic heterocycles. The third kappa shape index (κ3) is 3.71. The average Bonchev–Trinajstić information content (AvgIpc) is 3.00. The first kappa shape index (κ1) is 17.5. The molecule has 2 aromatic rings. The highest BCUT2D eigenvalue weighted by Gasteiger charge is 2.32. The summed E-state index contributed by atoms with van der Waals surface area (Å²) in [5.74, 6) is -0.698. The number of nitrogens with zero attached hydrogens (tertiary/aromatic N) is 1. The van der Waals surface area contributed by atoms with E-state index in [1.807, 2.05) is 4.90 Å². The van der Waals surface area contributed by atoms with Crippen molar-refractivity contribution in [2.45, 2.75) is 12.5 Å². The van der Waals surface area contributed by atoms with Crippen LogP contribution in [0.15, 0.2) is 42.5 Å². The lowest BCUT2D eigenvalue weighted by molar-refractivity contribution is -0.120. The van der Waals surface area contributed by atoms with Gasteiger partial charge < -0.3 is 10.2 Å². The van der Waals surface area contributed by atoms with Crippen molar-refractivity contribution >= 4 is 46.4 Å². The largest absolute Gasteiger partial charge is 0.354 e. The molecule has 6 nitrogen and oxygen atoms in total. The van der Waals surface area contributed by atoms with Crippen LogP contribution in [0.25, 0.3) is 0 Å².